The van der Waals surface area contributed by atoms with Crippen molar-refractivity contribution in [1.82, 2.24) is 9.88 Å². The van der Waals surface area contributed by atoms with Crippen molar-refractivity contribution in [2.24, 2.45) is 0 Å². The van der Waals surface area contributed by atoms with E-state index in [4.69, 9.17) is 4.74 Å². The maximum Gasteiger partial charge on any atom is 0.249 e. The zero-order valence-electron chi connectivity index (χ0n) is 13.2. The van der Waals surface area contributed by atoms with Crippen molar-refractivity contribution in [2.45, 2.75) is 18.9 Å². The number of pyridine rings is 1. The fraction of sp³-hybridized carbons (Fsp3) is 0.333. The molecule has 0 spiro atoms. The third kappa shape index (κ3) is 3.62. The highest BCUT2D eigenvalue weighted by molar-refractivity contribution is 5.86. The third-order valence-electron chi connectivity index (χ3n) is 4.05. The largest absolute Gasteiger partial charge is 0.481 e. The predicted octanol–water partition coefficient (Wildman–Crippen LogP) is 2.87. The Hall–Kier alpha value is -2.56. The van der Waals surface area contributed by atoms with Gasteiger partial charge in [0.1, 0.15) is 6.04 Å². The van der Waals surface area contributed by atoms with Crippen LogP contribution in [0, 0.1) is 0 Å². The van der Waals surface area contributed by atoms with Gasteiger partial charge in [0.25, 0.3) is 0 Å². The van der Waals surface area contributed by atoms with Crippen LogP contribution in [0.15, 0.2) is 48.7 Å². The molecule has 1 N–H and O–H groups in total. The summed E-state index contributed by atoms with van der Waals surface area (Å²) in [7, 11) is 1.58. The highest BCUT2D eigenvalue weighted by atomic mass is 16.5. The number of rotatable bonds is 5. The molecule has 1 aliphatic rings. The molecule has 23 heavy (non-hydrogen) atoms. The highest BCUT2D eigenvalue weighted by Crippen LogP contribution is 2.24. The average Bonchev–Trinajstić information content (AvgIpc) is 3.15. The Morgan fingerprint density at radius 3 is 2.52 bits per heavy atom. The first-order valence-corrected chi connectivity index (χ1v) is 7.88. The Morgan fingerprint density at radius 2 is 1.91 bits per heavy atom. The molecule has 1 atom stereocenters. The summed E-state index contributed by atoms with van der Waals surface area (Å²) in [6.07, 6.45) is 3.85. The molecule has 1 aromatic heterocycles. The minimum Gasteiger partial charge on any atom is -0.481 e. The second kappa shape index (κ2) is 7.13. The number of aromatic nitrogens is 1. The normalized spacial score (nSPS) is 15.3. The average molecular weight is 311 g/mol. The Balaban J connectivity index is 1.83. The van der Waals surface area contributed by atoms with E-state index in [0.717, 1.165) is 37.2 Å². The molecule has 0 bridgehead atoms. The van der Waals surface area contributed by atoms with Gasteiger partial charge in [0.15, 0.2) is 0 Å². The van der Waals surface area contributed by atoms with Crippen LogP contribution in [-0.2, 0) is 4.79 Å². The highest BCUT2D eigenvalue weighted by Gasteiger charge is 2.27. The maximum absolute atomic E-state index is 12.9. The molecular weight excluding hydrogens is 290 g/mol. The van der Waals surface area contributed by atoms with Gasteiger partial charge in [-0.3, -0.25) is 4.79 Å². The zero-order chi connectivity index (χ0) is 16.1. The van der Waals surface area contributed by atoms with E-state index in [1.54, 1.807) is 19.4 Å². The van der Waals surface area contributed by atoms with E-state index in [1.165, 1.54) is 0 Å². The minimum absolute atomic E-state index is 0.115. The minimum atomic E-state index is -0.399. The second-order valence-corrected chi connectivity index (χ2v) is 5.61. The number of carbonyl (C=O) groups excluding carboxylic acids is 1. The second-order valence-electron chi connectivity index (χ2n) is 5.61. The van der Waals surface area contributed by atoms with Gasteiger partial charge in [0, 0.05) is 19.2 Å². The number of nitrogens with one attached hydrogen (secondary N) is 1. The number of nitrogens with zero attached hydrogens (tertiary/aromatic N) is 2. The molecule has 1 aromatic carbocycles. The van der Waals surface area contributed by atoms with E-state index in [9.17, 15) is 4.79 Å². The quantitative estimate of drug-likeness (QED) is 0.922. The van der Waals surface area contributed by atoms with Crippen LogP contribution >= 0.6 is 0 Å². The molecule has 2 aromatic rings. The SMILES string of the molecule is COc1ccc(NC(C(=O)N2CCCC2)c2ccccc2)cn1. The molecule has 0 aliphatic carbocycles. The molecular formula is C18H21N3O2. The zero-order valence-corrected chi connectivity index (χ0v) is 13.2. The molecule has 2 heterocycles. The first-order valence-electron chi connectivity index (χ1n) is 7.88. The summed E-state index contributed by atoms with van der Waals surface area (Å²) in [6, 6.07) is 13.1. The van der Waals surface area contributed by atoms with Gasteiger partial charge in [-0.05, 0) is 24.5 Å². The molecule has 0 radical (unpaired) electrons. The van der Waals surface area contributed by atoms with Gasteiger partial charge in [-0.2, -0.15) is 0 Å². The van der Waals surface area contributed by atoms with Crippen LogP contribution in [0.25, 0.3) is 0 Å². The number of amides is 1. The van der Waals surface area contributed by atoms with E-state index in [1.807, 2.05) is 41.3 Å². The molecule has 0 saturated carbocycles. The lowest BCUT2D eigenvalue weighted by atomic mass is 10.1. The number of hydrogen-bond acceptors (Lipinski definition) is 4. The van der Waals surface area contributed by atoms with Crippen molar-refractivity contribution in [3.8, 4) is 5.88 Å². The number of carbonyl (C=O) groups is 1. The predicted molar refractivity (Wildman–Crippen MR) is 89.4 cm³/mol. The van der Waals surface area contributed by atoms with E-state index in [0.29, 0.717) is 5.88 Å². The van der Waals surface area contributed by atoms with E-state index >= 15 is 0 Å². The maximum atomic E-state index is 12.9. The lowest BCUT2D eigenvalue weighted by Gasteiger charge is -2.25. The van der Waals surface area contributed by atoms with Crippen molar-refractivity contribution in [2.75, 3.05) is 25.5 Å². The van der Waals surface area contributed by atoms with Gasteiger partial charge in [0.05, 0.1) is 19.0 Å². The summed E-state index contributed by atoms with van der Waals surface area (Å²) in [4.78, 5) is 19.0. The molecule has 5 heteroatoms. The van der Waals surface area contributed by atoms with Crippen LogP contribution in [0.1, 0.15) is 24.4 Å². The van der Waals surface area contributed by atoms with Gasteiger partial charge in [-0.15, -0.1) is 0 Å². The standard InChI is InChI=1S/C18H21N3O2/c1-23-16-10-9-15(13-19-16)20-17(14-7-3-2-4-8-14)18(22)21-11-5-6-12-21/h2-4,7-10,13,17,20H,5-6,11-12H2,1H3. The van der Waals surface area contributed by atoms with Gasteiger partial charge >= 0.3 is 0 Å². The first kappa shape index (κ1) is 15.3. The lowest BCUT2D eigenvalue weighted by molar-refractivity contribution is -0.131. The van der Waals surface area contributed by atoms with Crippen LogP contribution in [0.3, 0.4) is 0 Å². The number of methoxy groups -OCH3 is 1. The number of hydrogen-bond donors (Lipinski definition) is 1. The first-order chi connectivity index (χ1) is 11.3. The van der Waals surface area contributed by atoms with Crippen molar-refractivity contribution in [1.29, 1.82) is 0 Å². The molecule has 1 saturated heterocycles. The molecule has 1 aliphatic heterocycles. The molecule has 3 rings (SSSR count). The number of benzene rings is 1. The van der Waals surface area contributed by atoms with Gasteiger partial charge in [0.2, 0.25) is 11.8 Å². The summed E-state index contributed by atoms with van der Waals surface area (Å²) in [6.45, 7) is 1.68. The lowest BCUT2D eigenvalue weighted by Crippen LogP contribution is -2.36. The molecule has 1 fully saturated rings. The molecule has 1 amide bonds. The number of anilines is 1. The number of likely N-dealkylation sites (tertiary alicyclic amines) is 1. The third-order valence-corrected chi connectivity index (χ3v) is 4.05. The van der Waals surface area contributed by atoms with Crippen LogP contribution in [0.4, 0.5) is 5.69 Å². The van der Waals surface area contributed by atoms with Crippen LogP contribution in [0.5, 0.6) is 5.88 Å². The van der Waals surface area contributed by atoms with Crippen molar-refractivity contribution < 1.29 is 9.53 Å². The van der Waals surface area contributed by atoms with Crippen molar-refractivity contribution >= 4 is 11.6 Å². The van der Waals surface area contributed by atoms with Crippen LogP contribution in [0.2, 0.25) is 0 Å². The Bertz CT molecular complexity index is 637. The Kier molecular flexibility index (Phi) is 4.76. The van der Waals surface area contributed by atoms with Crippen molar-refractivity contribution in [3.05, 3.63) is 54.2 Å². The Labute approximate surface area is 136 Å². The van der Waals surface area contributed by atoms with E-state index < -0.39 is 6.04 Å². The summed E-state index contributed by atoms with van der Waals surface area (Å²) in [5.41, 5.74) is 1.76. The monoisotopic (exact) mass is 311 g/mol. The number of ether oxygens (including phenoxy) is 1. The molecule has 5 nitrogen and oxygen atoms in total. The van der Waals surface area contributed by atoms with Crippen LogP contribution in [-0.4, -0.2) is 36.0 Å². The van der Waals surface area contributed by atoms with Gasteiger partial charge < -0.3 is 15.0 Å². The van der Waals surface area contributed by atoms with Crippen molar-refractivity contribution in [3.63, 3.8) is 0 Å². The van der Waals surface area contributed by atoms with Gasteiger partial charge in [-0.25, -0.2) is 4.98 Å². The molecule has 1 unspecified atom stereocenters. The fourth-order valence-corrected chi connectivity index (χ4v) is 2.81. The molecule has 120 valence electrons. The summed E-state index contributed by atoms with van der Waals surface area (Å²) in [5.74, 6) is 0.669. The smallest absolute Gasteiger partial charge is 0.249 e. The summed E-state index contributed by atoms with van der Waals surface area (Å²) >= 11 is 0. The van der Waals surface area contributed by atoms with E-state index in [2.05, 4.69) is 10.3 Å². The Morgan fingerprint density at radius 1 is 1.17 bits per heavy atom. The fourth-order valence-electron chi connectivity index (χ4n) is 2.81. The topological polar surface area (TPSA) is 54.5 Å². The van der Waals surface area contributed by atoms with E-state index in [-0.39, 0.29) is 5.91 Å². The van der Waals surface area contributed by atoms with Crippen LogP contribution < -0.4 is 10.1 Å². The van der Waals surface area contributed by atoms with Gasteiger partial charge in [-0.1, -0.05) is 30.3 Å². The summed E-state index contributed by atoms with van der Waals surface area (Å²) < 4.78 is 5.07. The summed E-state index contributed by atoms with van der Waals surface area (Å²) in [5, 5.41) is 3.31.